The molecular formula is C12H16O4. The van der Waals surface area contributed by atoms with Gasteiger partial charge in [-0.15, -0.1) is 0 Å². The third-order valence-electron chi connectivity index (χ3n) is 1.82. The zero-order valence-corrected chi connectivity index (χ0v) is 9.56. The van der Waals surface area contributed by atoms with E-state index < -0.39 is 11.9 Å². The molecule has 0 unspecified atom stereocenters. The van der Waals surface area contributed by atoms with Crippen LogP contribution in [-0.4, -0.2) is 26.2 Å². The van der Waals surface area contributed by atoms with Crippen molar-refractivity contribution in [2.45, 2.75) is 12.8 Å². The van der Waals surface area contributed by atoms with E-state index in [0.717, 1.165) is 5.57 Å². The lowest BCUT2D eigenvalue weighted by Crippen LogP contribution is -1.96. The van der Waals surface area contributed by atoms with Gasteiger partial charge in [-0.05, 0) is 18.4 Å². The van der Waals surface area contributed by atoms with E-state index in [1.807, 2.05) is 0 Å². The number of allylic oxidation sites excluding steroid dienone is 3. The molecule has 0 aromatic carbocycles. The number of esters is 2. The van der Waals surface area contributed by atoms with Gasteiger partial charge in [-0.25, -0.2) is 9.59 Å². The second-order valence-electron chi connectivity index (χ2n) is 2.91. The number of methoxy groups -OCH3 is 2. The van der Waals surface area contributed by atoms with E-state index in [9.17, 15) is 9.59 Å². The summed E-state index contributed by atoms with van der Waals surface area (Å²) in [5.41, 5.74) is 0.765. The lowest BCUT2D eigenvalue weighted by Gasteiger charge is -1.98. The molecule has 88 valence electrons. The lowest BCUT2D eigenvalue weighted by molar-refractivity contribution is -0.135. The first-order chi connectivity index (χ1) is 7.63. The molecule has 0 aromatic heterocycles. The summed E-state index contributed by atoms with van der Waals surface area (Å²) >= 11 is 0. The van der Waals surface area contributed by atoms with Gasteiger partial charge in [-0.1, -0.05) is 18.7 Å². The second kappa shape index (κ2) is 8.47. The fraction of sp³-hybridized carbons (Fsp3) is 0.333. The van der Waals surface area contributed by atoms with E-state index in [2.05, 4.69) is 16.1 Å². The zero-order chi connectivity index (χ0) is 12.4. The summed E-state index contributed by atoms with van der Waals surface area (Å²) in [7, 11) is 2.63. The van der Waals surface area contributed by atoms with Gasteiger partial charge in [-0.3, -0.25) is 0 Å². The summed E-state index contributed by atoms with van der Waals surface area (Å²) < 4.78 is 8.92. The molecule has 0 aromatic rings. The SMILES string of the molecule is C=C/C(=C\C(=O)OC)CC/C=C/C(=O)OC. The Labute approximate surface area is 95.2 Å². The monoisotopic (exact) mass is 224 g/mol. The molecule has 0 aliphatic rings. The highest BCUT2D eigenvalue weighted by Crippen LogP contribution is 2.07. The minimum atomic E-state index is -0.410. The molecule has 0 atom stereocenters. The predicted molar refractivity (Wildman–Crippen MR) is 60.7 cm³/mol. The van der Waals surface area contributed by atoms with Crippen LogP contribution in [0.2, 0.25) is 0 Å². The van der Waals surface area contributed by atoms with Crippen LogP contribution >= 0.6 is 0 Å². The Bertz CT molecular complexity index is 313. The van der Waals surface area contributed by atoms with Crippen molar-refractivity contribution in [1.29, 1.82) is 0 Å². The maximum atomic E-state index is 10.9. The van der Waals surface area contributed by atoms with Crippen LogP contribution in [0.4, 0.5) is 0 Å². The predicted octanol–water partition coefficient (Wildman–Crippen LogP) is 1.78. The van der Waals surface area contributed by atoms with Gasteiger partial charge in [-0.2, -0.15) is 0 Å². The van der Waals surface area contributed by atoms with Crippen molar-refractivity contribution >= 4 is 11.9 Å². The number of carbonyl (C=O) groups is 2. The van der Waals surface area contributed by atoms with E-state index >= 15 is 0 Å². The summed E-state index contributed by atoms with van der Waals surface area (Å²) in [6.07, 6.45) is 7.23. The Morgan fingerprint density at radius 2 is 1.81 bits per heavy atom. The smallest absolute Gasteiger partial charge is 0.330 e. The maximum absolute atomic E-state index is 10.9. The van der Waals surface area contributed by atoms with E-state index in [-0.39, 0.29) is 0 Å². The van der Waals surface area contributed by atoms with Gasteiger partial charge < -0.3 is 9.47 Å². The molecular weight excluding hydrogens is 208 g/mol. The van der Waals surface area contributed by atoms with Crippen LogP contribution < -0.4 is 0 Å². The summed E-state index contributed by atoms with van der Waals surface area (Å²) in [4.78, 5) is 21.7. The highest BCUT2D eigenvalue weighted by Gasteiger charge is 1.97. The highest BCUT2D eigenvalue weighted by molar-refractivity contribution is 5.83. The third-order valence-corrected chi connectivity index (χ3v) is 1.82. The van der Waals surface area contributed by atoms with E-state index in [4.69, 9.17) is 0 Å². The molecule has 0 bridgehead atoms. The largest absolute Gasteiger partial charge is 0.466 e. The van der Waals surface area contributed by atoms with Crippen molar-refractivity contribution < 1.29 is 19.1 Å². The third kappa shape index (κ3) is 6.59. The van der Waals surface area contributed by atoms with Crippen LogP contribution in [0.3, 0.4) is 0 Å². The number of hydrogen-bond acceptors (Lipinski definition) is 4. The van der Waals surface area contributed by atoms with Gasteiger partial charge in [0.1, 0.15) is 0 Å². The standard InChI is InChI=1S/C12H16O4/c1-4-10(9-12(14)16-3)7-5-6-8-11(13)15-2/h4,6,8-9H,1,5,7H2,2-3H3/b8-6+,10-9+. The van der Waals surface area contributed by atoms with Crippen LogP contribution in [0.5, 0.6) is 0 Å². The van der Waals surface area contributed by atoms with Crippen molar-refractivity contribution in [3.63, 3.8) is 0 Å². The van der Waals surface area contributed by atoms with E-state index in [1.165, 1.54) is 26.4 Å². The van der Waals surface area contributed by atoms with Crippen molar-refractivity contribution in [3.8, 4) is 0 Å². The average molecular weight is 224 g/mol. The summed E-state index contributed by atoms with van der Waals surface area (Å²) in [5, 5.41) is 0. The maximum Gasteiger partial charge on any atom is 0.330 e. The van der Waals surface area contributed by atoms with E-state index in [1.54, 1.807) is 12.2 Å². The molecule has 16 heavy (non-hydrogen) atoms. The van der Waals surface area contributed by atoms with Gasteiger partial charge in [0.05, 0.1) is 14.2 Å². The number of ether oxygens (including phenoxy) is 2. The minimum Gasteiger partial charge on any atom is -0.466 e. The van der Waals surface area contributed by atoms with Gasteiger partial charge in [0, 0.05) is 12.2 Å². The normalized spacial score (nSPS) is 11.2. The van der Waals surface area contributed by atoms with Gasteiger partial charge >= 0.3 is 11.9 Å². The summed E-state index contributed by atoms with van der Waals surface area (Å²) in [6.45, 7) is 3.59. The fourth-order valence-electron chi connectivity index (χ4n) is 0.941. The minimum absolute atomic E-state index is 0.392. The molecule has 0 fully saturated rings. The molecule has 0 radical (unpaired) electrons. The molecule has 0 rings (SSSR count). The van der Waals surface area contributed by atoms with Crippen LogP contribution in [-0.2, 0) is 19.1 Å². The topological polar surface area (TPSA) is 52.6 Å². The number of rotatable bonds is 6. The Morgan fingerprint density at radius 1 is 1.19 bits per heavy atom. The molecule has 0 amide bonds. The molecule has 0 N–H and O–H groups in total. The molecule has 4 nitrogen and oxygen atoms in total. The Balaban J connectivity index is 4.11. The second-order valence-corrected chi connectivity index (χ2v) is 2.91. The van der Waals surface area contributed by atoms with Crippen LogP contribution in [0.25, 0.3) is 0 Å². The molecule has 0 aliphatic heterocycles. The molecule has 4 heteroatoms. The Hall–Kier alpha value is -1.84. The van der Waals surface area contributed by atoms with Crippen molar-refractivity contribution in [3.05, 3.63) is 36.5 Å². The Kier molecular flexibility index (Phi) is 7.49. The average Bonchev–Trinajstić information content (AvgIpc) is 2.32. The highest BCUT2D eigenvalue weighted by atomic mass is 16.5. The van der Waals surface area contributed by atoms with Gasteiger partial charge in [0.25, 0.3) is 0 Å². The quantitative estimate of drug-likeness (QED) is 0.392. The molecule has 0 saturated heterocycles. The van der Waals surface area contributed by atoms with Gasteiger partial charge in [0.15, 0.2) is 0 Å². The summed E-state index contributed by atoms with van der Waals surface area (Å²) in [5.74, 6) is -0.802. The van der Waals surface area contributed by atoms with Crippen molar-refractivity contribution in [1.82, 2.24) is 0 Å². The molecule has 0 spiro atoms. The first kappa shape index (κ1) is 14.2. The van der Waals surface area contributed by atoms with Crippen molar-refractivity contribution in [2.75, 3.05) is 14.2 Å². The van der Waals surface area contributed by atoms with Crippen molar-refractivity contribution in [2.24, 2.45) is 0 Å². The number of carbonyl (C=O) groups excluding carboxylic acids is 2. The van der Waals surface area contributed by atoms with E-state index in [0.29, 0.717) is 12.8 Å². The molecule has 0 heterocycles. The van der Waals surface area contributed by atoms with Crippen LogP contribution in [0.15, 0.2) is 36.5 Å². The van der Waals surface area contributed by atoms with Crippen LogP contribution in [0.1, 0.15) is 12.8 Å². The first-order valence-electron chi connectivity index (χ1n) is 4.79. The zero-order valence-electron chi connectivity index (χ0n) is 9.56. The number of hydrogen-bond donors (Lipinski definition) is 0. The summed E-state index contributed by atoms with van der Waals surface area (Å²) in [6, 6.07) is 0. The molecule has 0 saturated carbocycles. The van der Waals surface area contributed by atoms with Crippen LogP contribution in [0, 0.1) is 0 Å². The molecule has 0 aliphatic carbocycles. The van der Waals surface area contributed by atoms with Gasteiger partial charge in [0.2, 0.25) is 0 Å². The first-order valence-corrected chi connectivity index (χ1v) is 4.79. The lowest BCUT2D eigenvalue weighted by atomic mass is 10.1. The Morgan fingerprint density at radius 3 is 2.31 bits per heavy atom. The fourth-order valence-corrected chi connectivity index (χ4v) is 0.941.